The number of fused-ring (bicyclic) bond motifs is 1. The molecule has 0 spiro atoms. The molecule has 5 aromatic rings. The van der Waals surface area contributed by atoms with E-state index in [1.54, 1.807) is 35.8 Å². The number of nitrogens with one attached hydrogen (secondary N) is 1. The number of hydrogen-bond acceptors (Lipinski definition) is 7. The quantitative estimate of drug-likeness (QED) is 0.167. The highest BCUT2D eigenvalue weighted by atomic mass is 35.5. The van der Waals surface area contributed by atoms with Gasteiger partial charge in [-0.2, -0.15) is 0 Å². The fourth-order valence-electron chi connectivity index (χ4n) is 5.46. The molecule has 1 amide bonds. The molecular formula is C37H31Cl2N3O5S. The Morgan fingerprint density at radius 2 is 1.77 bits per heavy atom. The molecule has 1 aliphatic rings. The van der Waals surface area contributed by atoms with Gasteiger partial charge in [-0.1, -0.05) is 77.0 Å². The van der Waals surface area contributed by atoms with E-state index in [4.69, 9.17) is 42.4 Å². The number of rotatable bonds is 10. The zero-order valence-electron chi connectivity index (χ0n) is 26.3. The Bertz CT molecular complexity index is 2200. The van der Waals surface area contributed by atoms with Crippen LogP contribution in [0, 0.1) is 0 Å². The fourth-order valence-corrected chi connectivity index (χ4v) is 6.99. The van der Waals surface area contributed by atoms with E-state index in [1.165, 1.54) is 18.4 Å². The number of hydrogen-bond donors (Lipinski definition) is 1. The van der Waals surface area contributed by atoms with Crippen LogP contribution in [-0.2, 0) is 11.4 Å². The molecule has 0 aliphatic carbocycles. The number of amides is 1. The standard InChI is InChI=1S/C37H31Cl2N3O5S/c1-4-46-28-15-13-25(14-16-28)33-32(35(43)41-27-11-6-5-7-12-27)22(2)40-37-42(33)36(44)31(48-37)20-24-18-29(39)34(30(19-24)45-3)47-21-23-9-8-10-26(38)17-23/h5-20,33H,4,21H2,1-3H3,(H,41,43)/b31-20-/t33-/m0/s1. The number of ether oxygens (including phenoxy) is 3. The van der Waals surface area contributed by atoms with Crippen molar-refractivity contribution < 1.29 is 19.0 Å². The summed E-state index contributed by atoms with van der Waals surface area (Å²) >= 11 is 14.0. The lowest BCUT2D eigenvalue weighted by Gasteiger charge is -2.25. The highest BCUT2D eigenvalue weighted by Crippen LogP contribution is 2.37. The summed E-state index contributed by atoms with van der Waals surface area (Å²) in [6.07, 6.45) is 1.73. The molecule has 0 unspecified atom stereocenters. The van der Waals surface area contributed by atoms with Crippen LogP contribution >= 0.6 is 34.5 Å². The zero-order chi connectivity index (χ0) is 33.8. The molecule has 1 atom stereocenters. The molecule has 48 heavy (non-hydrogen) atoms. The van der Waals surface area contributed by atoms with Gasteiger partial charge in [-0.15, -0.1) is 0 Å². The fraction of sp³-hybridized carbons (Fsp3) is 0.162. The molecule has 1 aliphatic heterocycles. The SMILES string of the molecule is CCOc1ccc([C@H]2C(C(=O)Nc3ccccc3)=C(C)N=c3s/c(=C\c4cc(Cl)c(OCc5cccc(Cl)c5)c(OC)c4)c(=O)n32)cc1. The van der Waals surface area contributed by atoms with Crippen LogP contribution in [0.1, 0.15) is 36.6 Å². The number of halogens is 2. The van der Waals surface area contributed by atoms with Crippen molar-refractivity contribution >= 4 is 52.2 Å². The smallest absolute Gasteiger partial charge is 0.271 e. The number of thiazole rings is 1. The summed E-state index contributed by atoms with van der Waals surface area (Å²) in [4.78, 5) is 33.2. The van der Waals surface area contributed by atoms with Gasteiger partial charge in [0.1, 0.15) is 12.4 Å². The number of anilines is 1. The van der Waals surface area contributed by atoms with Gasteiger partial charge in [0.05, 0.1) is 40.6 Å². The Hall–Kier alpha value is -4.83. The third-order valence-corrected chi connectivity index (χ3v) is 9.13. The van der Waals surface area contributed by atoms with Gasteiger partial charge in [0.2, 0.25) is 0 Å². The van der Waals surface area contributed by atoms with Gasteiger partial charge in [-0.25, -0.2) is 4.99 Å². The molecule has 4 aromatic carbocycles. The summed E-state index contributed by atoms with van der Waals surface area (Å²) in [5.74, 6) is 1.13. The molecule has 0 fully saturated rings. The average molecular weight is 701 g/mol. The number of carbonyl (C=O) groups is 1. The maximum Gasteiger partial charge on any atom is 0.271 e. The van der Waals surface area contributed by atoms with Gasteiger partial charge in [0, 0.05) is 10.7 Å². The third-order valence-electron chi connectivity index (χ3n) is 7.63. The Kier molecular flexibility index (Phi) is 10.0. The summed E-state index contributed by atoms with van der Waals surface area (Å²) in [7, 11) is 1.52. The molecule has 0 bridgehead atoms. The lowest BCUT2D eigenvalue weighted by atomic mass is 9.95. The minimum Gasteiger partial charge on any atom is -0.494 e. The molecule has 1 aromatic heterocycles. The second kappa shape index (κ2) is 14.5. The molecular weight excluding hydrogens is 669 g/mol. The van der Waals surface area contributed by atoms with E-state index in [0.717, 1.165) is 11.1 Å². The average Bonchev–Trinajstić information content (AvgIpc) is 3.37. The minimum atomic E-state index is -0.733. The van der Waals surface area contributed by atoms with Crippen molar-refractivity contribution in [1.29, 1.82) is 0 Å². The van der Waals surface area contributed by atoms with E-state index >= 15 is 0 Å². The van der Waals surface area contributed by atoms with Gasteiger partial charge in [-0.3, -0.25) is 14.2 Å². The number of nitrogens with zero attached hydrogens (tertiary/aromatic N) is 2. The minimum absolute atomic E-state index is 0.236. The number of allylic oxidation sites excluding steroid dienone is 1. The number of carbonyl (C=O) groups excluding carboxylic acids is 1. The lowest BCUT2D eigenvalue weighted by molar-refractivity contribution is -0.113. The van der Waals surface area contributed by atoms with Gasteiger partial charge >= 0.3 is 0 Å². The molecule has 0 radical (unpaired) electrons. The summed E-state index contributed by atoms with van der Waals surface area (Å²) < 4.78 is 19.3. The van der Waals surface area contributed by atoms with E-state index in [0.29, 0.717) is 65.8 Å². The molecule has 8 nitrogen and oxygen atoms in total. The molecule has 6 rings (SSSR count). The Balaban J connectivity index is 1.40. The first-order valence-electron chi connectivity index (χ1n) is 15.1. The maximum absolute atomic E-state index is 14.2. The van der Waals surface area contributed by atoms with Crippen LogP contribution < -0.4 is 34.4 Å². The van der Waals surface area contributed by atoms with Crippen molar-refractivity contribution in [2.45, 2.75) is 26.5 Å². The van der Waals surface area contributed by atoms with Crippen LogP contribution in [-0.4, -0.2) is 24.2 Å². The Morgan fingerprint density at radius 1 is 1.00 bits per heavy atom. The van der Waals surface area contributed by atoms with E-state index in [2.05, 4.69) is 5.32 Å². The normalized spacial score (nSPS) is 14.3. The molecule has 244 valence electrons. The lowest BCUT2D eigenvalue weighted by Crippen LogP contribution is -2.40. The Morgan fingerprint density at radius 3 is 2.48 bits per heavy atom. The van der Waals surface area contributed by atoms with Crippen molar-refractivity contribution in [3.8, 4) is 17.2 Å². The summed E-state index contributed by atoms with van der Waals surface area (Å²) in [5.41, 5.74) is 3.47. The van der Waals surface area contributed by atoms with Crippen LogP contribution in [0.2, 0.25) is 10.0 Å². The monoisotopic (exact) mass is 699 g/mol. The first-order valence-corrected chi connectivity index (χ1v) is 16.7. The van der Waals surface area contributed by atoms with E-state index in [-0.39, 0.29) is 18.1 Å². The molecule has 2 heterocycles. The highest BCUT2D eigenvalue weighted by Gasteiger charge is 2.32. The summed E-state index contributed by atoms with van der Waals surface area (Å²) in [5, 5.41) is 3.89. The number of methoxy groups -OCH3 is 1. The maximum atomic E-state index is 14.2. The summed E-state index contributed by atoms with van der Waals surface area (Å²) in [6.45, 7) is 4.45. The van der Waals surface area contributed by atoms with Gasteiger partial charge in [0.15, 0.2) is 16.3 Å². The van der Waals surface area contributed by atoms with Crippen LogP contribution in [0.4, 0.5) is 5.69 Å². The number of para-hydroxylation sites is 1. The van der Waals surface area contributed by atoms with Gasteiger partial charge in [-0.05, 0) is 85.1 Å². The molecule has 0 saturated heterocycles. The van der Waals surface area contributed by atoms with E-state index in [9.17, 15) is 9.59 Å². The second-order valence-electron chi connectivity index (χ2n) is 10.9. The first-order chi connectivity index (χ1) is 23.2. The first kappa shape index (κ1) is 33.1. The van der Waals surface area contributed by atoms with E-state index in [1.807, 2.05) is 79.7 Å². The largest absolute Gasteiger partial charge is 0.494 e. The molecule has 11 heteroatoms. The predicted molar refractivity (Wildman–Crippen MR) is 190 cm³/mol. The van der Waals surface area contributed by atoms with Crippen LogP contribution in [0.25, 0.3) is 6.08 Å². The predicted octanol–water partition coefficient (Wildman–Crippen LogP) is 7.17. The van der Waals surface area contributed by atoms with E-state index < -0.39 is 6.04 Å². The van der Waals surface area contributed by atoms with Crippen molar-refractivity contribution in [2.24, 2.45) is 4.99 Å². The highest BCUT2D eigenvalue weighted by molar-refractivity contribution is 7.07. The topological polar surface area (TPSA) is 91.2 Å². The van der Waals surface area contributed by atoms with Crippen molar-refractivity contribution in [3.63, 3.8) is 0 Å². The Labute approximate surface area is 291 Å². The van der Waals surface area contributed by atoms with Crippen LogP contribution in [0.5, 0.6) is 17.2 Å². The van der Waals surface area contributed by atoms with Crippen LogP contribution in [0.15, 0.2) is 112 Å². The van der Waals surface area contributed by atoms with Crippen molar-refractivity contribution in [3.05, 3.63) is 149 Å². The molecule has 0 saturated carbocycles. The third kappa shape index (κ3) is 7.04. The number of aromatic nitrogens is 1. The zero-order valence-corrected chi connectivity index (χ0v) is 28.7. The van der Waals surface area contributed by atoms with Crippen molar-refractivity contribution in [2.75, 3.05) is 19.0 Å². The second-order valence-corrected chi connectivity index (χ2v) is 12.7. The van der Waals surface area contributed by atoms with Gasteiger partial charge in [0.25, 0.3) is 11.5 Å². The van der Waals surface area contributed by atoms with Crippen molar-refractivity contribution in [1.82, 2.24) is 4.57 Å². The molecule has 1 N–H and O–H groups in total. The number of benzene rings is 4. The van der Waals surface area contributed by atoms with Crippen LogP contribution in [0.3, 0.4) is 0 Å². The van der Waals surface area contributed by atoms with Gasteiger partial charge < -0.3 is 19.5 Å². The summed E-state index contributed by atoms with van der Waals surface area (Å²) in [6, 6.07) is 26.7.